The first-order valence-electron chi connectivity index (χ1n) is 6.63. The third-order valence-corrected chi connectivity index (χ3v) is 3.13. The summed E-state index contributed by atoms with van der Waals surface area (Å²) in [6, 6.07) is 2.23. The Labute approximate surface area is 116 Å². The number of nitrogens with zero attached hydrogens (tertiary/aromatic N) is 6. The Balaban J connectivity index is 1.98. The van der Waals surface area contributed by atoms with Gasteiger partial charge in [-0.2, -0.15) is 20.1 Å². The van der Waals surface area contributed by atoms with E-state index in [9.17, 15) is 5.11 Å². The molecule has 0 amide bonds. The van der Waals surface area contributed by atoms with Crippen molar-refractivity contribution >= 4 is 11.9 Å². The number of anilines is 2. The van der Waals surface area contributed by atoms with Crippen molar-refractivity contribution in [2.45, 2.75) is 18.9 Å². The van der Waals surface area contributed by atoms with Gasteiger partial charge in [0.25, 0.3) is 5.95 Å². The van der Waals surface area contributed by atoms with Gasteiger partial charge in [0.15, 0.2) is 0 Å². The van der Waals surface area contributed by atoms with Crippen molar-refractivity contribution in [2.75, 3.05) is 30.4 Å². The molecule has 8 nitrogen and oxygen atoms in total. The first-order chi connectivity index (χ1) is 9.81. The van der Waals surface area contributed by atoms with Gasteiger partial charge in [-0.15, -0.1) is 0 Å². The number of hydrogen-bond acceptors (Lipinski definition) is 7. The molecule has 3 rings (SSSR count). The molecule has 8 heteroatoms. The van der Waals surface area contributed by atoms with Crippen molar-refractivity contribution in [3.8, 4) is 5.95 Å². The zero-order valence-electron chi connectivity index (χ0n) is 11.3. The minimum absolute atomic E-state index is 0.0776. The largest absolute Gasteiger partial charge is 0.395 e. The molecule has 20 heavy (non-hydrogen) atoms. The van der Waals surface area contributed by atoms with E-state index in [-0.39, 0.29) is 6.61 Å². The van der Waals surface area contributed by atoms with E-state index in [1.807, 2.05) is 11.0 Å². The molecule has 0 unspecified atom stereocenters. The smallest absolute Gasteiger partial charge is 0.257 e. The predicted molar refractivity (Wildman–Crippen MR) is 73.9 cm³/mol. The third kappa shape index (κ3) is 2.55. The lowest BCUT2D eigenvalue weighted by atomic mass is 10.5. The van der Waals surface area contributed by atoms with E-state index in [4.69, 9.17) is 0 Å². The van der Waals surface area contributed by atoms with Crippen molar-refractivity contribution in [1.29, 1.82) is 0 Å². The summed E-state index contributed by atoms with van der Waals surface area (Å²) in [7, 11) is 1.76. The van der Waals surface area contributed by atoms with E-state index in [0.29, 0.717) is 30.4 Å². The lowest BCUT2D eigenvalue weighted by molar-refractivity contribution is 0.300. The summed E-state index contributed by atoms with van der Waals surface area (Å²) in [5.41, 5.74) is 0. The van der Waals surface area contributed by atoms with Crippen LogP contribution in [0.4, 0.5) is 11.9 Å². The summed E-state index contributed by atoms with van der Waals surface area (Å²) in [5.74, 6) is 1.53. The second kappa shape index (κ2) is 5.41. The number of nitrogens with one attached hydrogen (secondary N) is 1. The molecule has 0 radical (unpaired) electrons. The zero-order valence-corrected chi connectivity index (χ0v) is 11.3. The summed E-state index contributed by atoms with van der Waals surface area (Å²) < 4.78 is 1.59. The molecule has 1 aliphatic rings. The molecule has 0 spiro atoms. The fourth-order valence-electron chi connectivity index (χ4n) is 2.02. The fourth-order valence-corrected chi connectivity index (χ4v) is 2.02. The fraction of sp³-hybridized carbons (Fsp3) is 0.500. The highest BCUT2D eigenvalue weighted by molar-refractivity contribution is 5.41. The monoisotopic (exact) mass is 275 g/mol. The molecule has 0 atom stereocenters. The third-order valence-electron chi connectivity index (χ3n) is 3.13. The molecule has 2 N–H and O–H groups in total. The van der Waals surface area contributed by atoms with Crippen molar-refractivity contribution in [2.24, 2.45) is 0 Å². The Kier molecular flexibility index (Phi) is 3.46. The molecule has 2 aromatic rings. The summed E-state index contributed by atoms with van der Waals surface area (Å²) >= 11 is 0. The second-order valence-corrected chi connectivity index (χ2v) is 4.61. The highest BCUT2D eigenvalue weighted by Gasteiger charge is 2.31. The van der Waals surface area contributed by atoms with Gasteiger partial charge in [0.05, 0.1) is 6.61 Å². The average Bonchev–Trinajstić information content (AvgIpc) is 3.17. The van der Waals surface area contributed by atoms with Crippen LogP contribution in [0.1, 0.15) is 12.8 Å². The molecule has 2 aromatic heterocycles. The molecule has 106 valence electrons. The van der Waals surface area contributed by atoms with E-state index in [1.54, 1.807) is 24.1 Å². The molecular formula is C12H17N7O. The van der Waals surface area contributed by atoms with E-state index >= 15 is 0 Å². The van der Waals surface area contributed by atoms with Crippen LogP contribution in [-0.4, -0.2) is 56.1 Å². The summed E-state index contributed by atoms with van der Waals surface area (Å²) in [4.78, 5) is 15.2. The molecule has 0 aromatic carbocycles. The van der Waals surface area contributed by atoms with Gasteiger partial charge in [0, 0.05) is 32.0 Å². The lowest BCUT2D eigenvalue weighted by Crippen LogP contribution is -2.31. The second-order valence-electron chi connectivity index (χ2n) is 4.61. The number of aliphatic hydroxyl groups excluding tert-OH is 1. The number of aromatic nitrogens is 5. The Morgan fingerprint density at radius 2 is 2.25 bits per heavy atom. The molecule has 2 heterocycles. The molecule has 0 bridgehead atoms. The van der Waals surface area contributed by atoms with Gasteiger partial charge in [-0.25, -0.2) is 4.68 Å². The Morgan fingerprint density at radius 3 is 2.85 bits per heavy atom. The maximum Gasteiger partial charge on any atom is 0.257 e. The minimum atomic E-state index is 0.0776. The predicted octanol–water partition coefficient (Wildman–Crippen LogP) is 0.0601. The summed E-state index contributed by atoms with van der Waals surface area (Å²) in [6.07, 6.45) is 5.68. The van der Waals surface area contributed by atoms with Crippen LogP contribution < -0.4 is 10.2 Å². The lowest BCUT2D eigenvalue weighted by Gasteiger charge is -2.21. The average molecular weight is 275 g/mol. The molecular weight excluding hydrogens is 258 g/mol. The summed E-state index contributed by atoms with van der Waals surface area (Å²) in [5, 5.41) is 16.3. The Morgan fingerprint density at radius 1 is 1.40 bits per heavy atom. The number of rotatable bonds is 6. The highest BCUT2D eigenvalue weighted by Crippen LogP contribution is 2.29. The normalized spacial score (nSPS) is 14.3. The molecule has 1 saturated carbocycles. The van der Waals surface area contributed by atoms with Crippen molar-refractivity contribution in [3.63, 3.8) is 0 Å². The van der Waals surface area contributed by atoms with E-state index in [2.05, 4.69) is 25.4 Å². The Hall–Kier alpha value is -2.22. The first-order valence-corrected chi connectivity index (χ1v) is 6.63. The van der Waals surface area contributed by atoms with Gasteiger partial charge >= 0.3 is 0 Å². The van der Waals surface area contributed by atoms with Gasteiger partial charge in [0.2, 0.25) is 11.9 Å². The SMILES string of the molecule is CNc1nc(N(CCO)C2CC2)nc(-n2cccn2)n1. The van der Waals surface area contributed by atoms with Crippen LogP contribution in [0.25, 0.3) is 5.95 Å². The van der Waals surface area contributed by atoms with Crippen molar-refractivity contribution < 1.29 is 5.11 Å². The van der Waals surface area contributed by atoms with Crippen molar-refractivity contribution in [1.82, 2.24) is 24.7 Å². The van der Waals surface area contributed by atoms with Gasteiger partial charge in [-0.05, 0) is 18.9 Å². The quantitative estimate of drug-likeness (QED) is 0.770. The Bertz CT molecular complexity index is 567. The van der Waals surface area contributed by atoms with Gasteiger partial charge in [-0.3, -0.25) is 0 Å². The topological polar surface area (TPSA) is 92.0 Å². The molecule has 1 fully saturated rings. The van der Waals surface area contributed by atoms with Crippen LogP contribution in [0, 0.1) is 0 Å². The number of hydrogen-bond donors (Lipinski definition) is 2. The highest BCUT2D eigenvalue weighted by atomic mass is 16.3. The van der Waals surface area contributed by atoms with Gasteiger partial charge in [0.1, 0.15) is 0 Å². The standard InChI is InChI=1S/C12H17N7O/c1-13-10-15-11(18(7-8-20)9-3-4-9)17-12(16-10)19-6-2-5-14-19/h2,5-6,9,20H,3-4,7-8H2,1H3,(H,13,15,16,17). The van der Waals surface area contributed by atoms with Crippen LogP contribution in [0.15, 0.2) is 18.5 Å². The maximum atomic E-state index is 9.21. The van der Waals surface area contributed by atoms with Crippen LogP contribution in [0.3, 0.4) is 0 Å². The first kappa shape index (κ1) is 12.8. The molecule has 1 aliphatic carbocycles. The van der Waals surface area contributed by atoms with E-state index in [1.165, 1.54) is 0 Å². The molecule has 0 saturated heterocycles. The van der Waals surface area contributed by atoms with E-state index in [0.717, 1.165) is 12.8 Å². The van der Waals surface area contributed by atoms with Crippen molar-refractivity contribution in [3.05, 3.63) is 18.5 Å². The minimum Gasteiger partial charge on any atom is -0.395 e. The number of aliphatic hydroxyl groups is 1. The van der Waals surface area contributed by atoms with Crippen LogP contribution >= 0.6 is 0 Å². The van der Waals surface area contributed by atoms with Crippen LogP contribution in [0.2, 0.25) is 0 Å². The summed E-state index contributed by atoms with van der Waals surface area (Å²) in [6.45, 7) is 0.602. The molecule has 0 aliphatic heterocycles. The van der Waals surface area contributed by atoms with E-state index < -0.39 is 0 Å². The van der Waals surface area contributed by atoms with Crippen LogP contribution in [0.5, 0.6) is 0 Å². The van der Waals surface area contributed by atoms with Gasteiger partial charge < -0.3 is 15.3 Å². The zero-order chi connectivity index (χ0) is 13.9. The van der Waals surface area contributed by atoms with Gasteiger partial charge in [-0.1, -0.05) is 0 Å². The van der Waals surface area contributed by atoms with Crippen LogP contribution in [-0.2, 0) is 0 Å². The maximum absolute atomic E-state index is 9.21.